The van der Waals surface area contributed by atoms with Crippen molar-refractivity contribution in [3.05, 3.63) is 63.6 Å². The summed E-state index contributed by atoms with van der Waals surface area (Å²) < 4.78 is 6.88. The standard InChI is InChI=1S/C16H17NO3/c1-11-6-7-17(16(19)8-11)10-14-9-13(12(2)18)4-5-15(14)20-3/h4-9H,10H2,1-3H3. The van der Waals surface area contributed by atoms with Gasteiger partial charge in [0.15, 0.2) is 5.78 Å². The fourth-order valence-electron chi connectivity index (χ4n) is 2.04. The molecule has 0 unspecified atom stereocenters. The molecule has 0 atom stereocenters. The monoisotopic (exact) mass is 271 g/mol. The van der Waals surface area contributed by atoms with Gasteiger partial charge in [0, 0.05) is 23.4 Å². The molecule has 0 aliphatic carbocycles. The van der Waals surface area contributed by atoms with Gasteiger partial charge >= 0.3 is 0 Å². The molecule has 0 fully saturated rings. The fourth-order valence-corrected chi connectivity index (χ4v) is 2.04. The second-order valence-corrected chi connectivity index (χ2v) is 4.75. The van der Waals surface area contributed by atoms with Crippen LogP contribution in [0.4, 0.5) is 0 Å². The lowest BCUT2D eigenvalue weighted by atomic mass is 10.1. The summed E-state index contributed by atoms with van der Waals surface area (Å²) in [6, 6.07) is 8.71. The number of pyridine rings is 1. The van der Waals surface area contributed by atoms with Crippen LogP contribution in [-0.2, 0) is 6.54 Å². The van der Waals surface area contributed by atoms with Gasteiger partial charge in [-0.1, -0.05) is 0 Å². The van der Waals surface area contributed by atoms with Crippen molar-refractivity contribution in [2.24, 2.45) is 0 Å². The van der Waals surface area contributed by atoms with Crippen molar-refractivity contribution < 1.29 is 9.53 Å². The first kappa shape index (κ1) is 14.1. The lowest BCUT2D eigenvalue weighted by Gasteiger charge is -2.11. The average molecular weight is 271 g/mol. The van der Waals surface area contributed by atoms with Crippen LogP contribution >= 0.6 is 0 Å². The van der Waals surface area contributed by atoms with Gasteiger partial charge in [0.05, 0.1) is 13.7 Å². The predicted molar refractivity (Wildman–Crippen MR) is 77.5 cm³/mol. The molecule has 0 aliphatic rings. The Morgan fingerprint density at radius 2 is 2.00 bits per heavy atom. The number of rotatable bonds is 4. The van der Waals surface area contributed by atoms with Gasteiger partial charge in [-0.2, -0.15) is 0 Å². The van der Waals surface area contributed by atoms with Gasteiger partial charge in [-0.05, 0) is 43.7 Å². The number of aromatic nitrogens is 1. The van der Waals surface area contributed by atoms with E-state index in [4.69, 9.17) is 4.74 Å². The van der Waals surface area contributed by atoms with E-state index in [0.717, 1.165) is 11.1 Å². The molecule has 0 radical (unpaired) electrons. The number of hydrogen-bond acceptors (Lipinski definition) is 3. The zero-order valence-corrected chi connectivity index (χ0v) is 11.8. The first-order chi connectivity index (χ1) is 9.51. The summed E-state index contributed by atoms with van der Waals surface area (Å²) in [5, 5.41) is 0. The second-order valence-electron chi connectivity index (χ2n) is 4.75. The molecule has 1 aromatic heterocycles. The van der Waals surface area contributed by atoms with Crippen molar-refractivity contribution in [2.75, 3.05) is 7.11 Å². The largest absolute Gasteiger partial charge is 0.496 e. The minimum atomic E-state index is -0.0692. The van der Waals surface area contributed by atoms with Gasteiger partial charge in [-0.15, -0.1) is 0 Å². The Kier molecular flexibility index (Phi) is 4.03. The SMILES string of the molecule is COc1ccc(C(C)=O)cc1Cn1ccc(C)cc1=O. The van der Waals surface area contributed by atoms with Crippen molar-refractivity contribution in [1.29, 1.82) is 0 Å². The average Bonchev–Trinajstić information content (AvgIpc) is 2.41. The van der Waals surface area contributed by atoms with E-state index in [9.17, 15) is 9.59 Å². The highest BCUT2D eigenvalue weighted by atomic mass is 16.5. The van der Waals surface area contributed by atoms with Crippen LogP contribution in [0.5, 0.6) is 5.75 Å². The zero-order chi connectivity index (χ0) is 14.7. The summed E-state index contributed by atoms with van der Waals surface area (Å²) in [5.41, 5.74) is 2.28. The van der Waals surface area contributed by atoms with Crippen molar-refractivity contribution >= 4 is 5.78 Å². The molecular formula is C16H17NO3. The molecule has 0 saturated carbocycles. The maximum Gasteiger partial charge on any atom is 0.251 e. The molecule has 0 N–H and O–H groups in total. The third kappa shape index (κ3) is 2.96. The third-order valence-electron chi connectivity index (χ3n) is 3.18. The molecule has 0 aliphatic heterocycles. The van der Waals surface area contributed by atoms with Crippen LogP contribution in [0.25, 0.3) is 0 Å². The highest BCUT2D eigenvalue weighted by molar-refractivity contribution is 5.94. The van der Waals surface area contributed by atoms with E-state index in [1.807, 2.05) is 13.0 Å². The summed E-state index contributed by atoms with van der Waals surface area (Å²) in [5.74, 6) is 0.660. The van der Waals surface area contributed by atoms with Crippen LogP contribution in [0.15, 0.2) is 41.3 Å². The first-order valence-corrected chi connectivity index (χ1v) is 6.36. The highest BCUT2D eigenvalue weighted by Crippen LogP contribution is 2.21. The van der Waals surface area contributed by atoms with Crippen molar-refractivity contribution in [3.63, 3.8) is 0 Å². The Labute approximate surface area is 117 Å². The number of ether oxygens (including phenoxy) is 1. The van der Waals surface area contributed by atoms with Gasteiger partial charge in [0.2, 0.25) is 0 Å². The first-order valence-electron chi connectivity index (χ1n) is 6.36. The predicted octanol–water partition coefficient (Wildman–Crippen LogP) is 2.42. The number of carbonyl (C=O) groups excluding carboxylic acids is 1. The number of Topliss-reactive ketones (excluding diaryl/α,β-unsaturated/α-hetero) is 1. The molecule has 20 heavy (non-hydrogen) atoms. The highest BCUT2D eigenvalue weighted by Gasteiger charge is 2.08. The van der Waals surface area contributed by atoms with E-state index in [2.05, 4.69) is 0 Å². The smallest absolute Gasteiger partial charge is 0.251 e. The summed E-state index contributed by atoms with van der Waals surface area (Å²) in [7, 11) is 1.57. The molecule has 2 aromatic rings. The molecule has 4 heteroatoms. The van der Waals surface area contributed by atoms with Gasteiger partial charge in [0.25, 0.3) is 5.56 Å². The Bertz CT molecular complexity index is 701. The Balaban J connectivity index is 2.43. The number of nitrogens with zero attached hydrogens (tertiary/aromatic N) is 1. The molecule has 0 spiro atoms. The Hall–Kier alpha value is -2.36. The molecule has 0 amide bonds. The summed E-state index contributed by atoms with van der Waals surface area (Å²) in [4.78, 5) is 23.4. The van der Waals surface area contributed by atoms with Gasteiger partial charge in [0.1, 0.15) is 5.75 Å². The minimum Gasteiger partial charge on any atom is -0.496 e. The molecule has 2 rings (SSSR count). The van der Waals surface area contributed by atoms with Crippen LogP contribution < -0.4 is 10.3 Å². The van der Waals surface area contributed by atoms with Crippen LogP contribution in [0, 0.1) is 6.92 Å². The van der Waals surface area contributed by atoms with Crippen molar-refractivity contribution in [2.45, 2.75) is 20.4 Å². The van der Waals surface area contributed by atoms with E-state index in [1.165, 1.54) is 6.92 Å². The number of methoxy groups -OCH3 is 1. The number of ketones is 1. The molecular weight excluding hydrogens is 254 g/mol. The van der Waals surface area contributed by atoms with Gasteiger partial charge < -0.3 is 9.30 Å². The summed E-state index contributed by atoms with van der Waals surface area (Å²) in [6.45, 7) is 3.77. The Morgan fingerprint density at radius 1 is 1.25 bits per heavy atom. The Morgan fingerprint density at radius 3 is 2.60 bits per heavy atom. The molecule has 0 bridgehead atoms. The number of hydrogen-bond donors (Lipinski definition) is 0. The molecule has 4 nitrogen and oxygen atoms in total. The maximum absolute atomic E-state index is 11.9. The van der Waals surface area contributed by atoms with Crippen molar-refractivity contribution in [1.82, 2.24) is 4.57 Å². The second kappa shape index (κ2) is 5.74. The number of benzene rings is 1. The summed E-state index contributed by atoms with van der Waals surface area (Å²) in [6.07, 6.45) is 1.75. The van der Waals surface area contributed by atoms with Crippen LogP contribution in [0.1, 0.15) is 28.4 Å². The zero-order valence-electron chi connectivity index (χ0n) is 11.8. The molecule has 1 heterocycles. The quantitative estimate of drug-likeness (QED) is 0.802. The van der Waals surface area contributed by atoms with Crippen LogP contribution in [0.2, 0.25) is 0 Å². The lowest BCUT2D eigenvalue weighted by molar-refractivity contribution is 0.101. The molecule has 1 aromatic carbocycles. The van der Waals surface area contributed by atoms with E-state index in [-0.39, 0.29) is 11.3 Å². The lowest BCUT2D eigenvalue weighted by Crippen LogP contribution is -2.19. The maximum atomic E-state index is 11.9. The van der Waals surface area contributed by atoms with Gasteiger partial charge in [-0.25, -0.2) is 0 Å². The van der Waals surface area contributed by atoms with E-state index < -0.39 is 0 Å². The van der Waals surface area contributed by atoms with E-state index in [1.54, 1.807) is 42.1 Å². The van der Waals surface area contributed by atoms with Crippen LogP contribution in [-0.4, -0.2) is 17.5 Å². The van der Waals surface area contributed by atoms with Gasteiger partial charge in [-0.3, -0.25) is 9.59 Å². The van der Waals surface area contributed by atoms with E-state index in [0.29, 0.717) is 17.9 Å². The summed E-state index contributed by atoms with van der Waals surface area (Å²) >= 11 is 0. The number of carbonyl (C=O) groups is 1. The molecule has 0 saturated heterocycles. The fraction of sp³-hybridized carbons (Fsp3) is 0.250. The molecule has 104 valence electrons. The van der Waals surface area contributed by atoms with Crippen LogP contribution in [0.3, 0.4) is 0 Å². The normalized spacial score (nSPS) is 10.3. The number of aryl methyl sites for hydroxylation is 1. The van der Waals surface area contributed by atoms with Crippen molar-refractivity contribution in [3.8, 4) is 5.75 Å². The van der Waals surface area contributed by atoms with E-state index >= 15 is 0 Å². The topological polar surface area (TPSA) is 48.3 Å². The minimum absolute atomic E-state index is 0.00911. The third-order valence-corrected chi connectivity index (χ3v) is 3.18.